The summed E-state index contributed by atoms with van der Waals surface area (Å²) in [6.07, 6.45) is 3.79. The third-order valence-corrected chi connectivity index (χ3v) is 2.73. The van der Waals surface area contributed by atoms with Crippen LogP contribution in [0.2, 0.25) is 0 Å². The van der Waals surface area contributed by atoms with Crippen molar-refractivity contribution < 1.29 is 4.74 Å². The van der Waals surface area contributed by atoms with Crippen LogP contribution in [-0.4, -0.2) is 54.8 Å². The third kappa shape index (κ3) is 3.59. The number of ether oxygens (including phenoxy) is 1. The monoisotopic (exact) mass is 226 g/mol. The van der Waals surface area contributed by atoms with Crippen molar-refractivity contribution >= 4 is 0 Å². The van der Waals surface area contributed by atoms with Gasteiger partial charge in [-0.2, -0.15) is 0 Å². The molecule has 0 bridgehead atoms. The minimum absolute atomic E-state index is 0.367. The number of rotatable bonds is 7. The molecular weight excluding hydrogens is 204 g/mol. The maximum absolute atomic E-state index is 5.22. The molecule has 0 aliphatic heterocycles. The number of aromatic nitrogens is 2. The van der Waals surface area contributed by atoms with Gasteiger partial charge in [-0.3, -0.25) is 4.90 Å². The summed E-state index contributed by atoms with van der Waals surface area (Å²) in [5, 5.41) is 3.18. The van der Waals surface area contributed by atoms with Crippen molar-refractivity contribution in [3.05, 3.63) is 18.2 Å². The number of methoxy groups -OCH3 is 1. The summed E-state index contributed by atoms with van der Waals surface area (Å²) >= 11 is 0. The minimum atomic E-state index is 0.367. The zero-order valence-corrected chi connectivity index (χ0v) is 10.6. The highest BCUT2D eigenvalue weighted by atomic mass is 16.5. The number of hydrogen-bond acceptors (Lipinski definition) is 4. The summed E-state index contributed by atoms with van der Waals surface area (Å²) in [6, 6.07) is 0.367. The molecule has 1 aromatic heterocycles. The molecule has 0 aromatic carbocycles. The molecule has 1 N–H and O–H groups in total. The lowest BCUT2D eigenvalue weighted by Crippen LogP contribution is -2.42. The predicted molar refractivity (Wildman–Crippen MR) is 64.3 cm³/mol. The molecule has 0 aliphatic carbocycles. The van der Waals surface area contributed by atoms with Crippen molar-refractivity contribution in [1.29, 1.82) is 0 Å². The molecule has 1 aromatic rings. The maximum atomic E-state index is 5.22. The smallest absolute Gasteiger partial charge is 0.122 e. The topological polar surface area (TPSA) is 42.3 Å². The number of nitrogens with one attached hydrogen (secondary N) is 1. The van der Waals surface area contributed by atoms with Gasteiger partial charge >= 0.3 is 0 Å². The molecule has 5 nitrogen and oxygen atoms in total. The van der Waals surface area contributed by atoms with E-state index in [0.717, 1.165) is 25.5 Å². The first-order valence-corrected chi connectivity index (χ1v) is 5.49. The molecule has 0 amide bonds. The molecule has 0 spiro atoms. The van der Waals surface area contributed by atoms with Gasteiger partial charge in [-0.25, -0.2) is 4.98 Å². The lowest BCUT2D eigenvalue weighted by molar-refractivity contribution is 0.100. The van der Waals surface area contributed by atoms with Gasteiger partial charge < -0.3 is 14.6 Å². The first kappa shape index (κ1) is 13.2. The van der Waals surface area contributed by atoms with Crippen LogP contribution in [0.5, 0.6) is 0 Å². The predicted octanol–water partition coefficient (Wildman–Crippen LogP) is 0.0863. The molecule has 1 rings (SSSR count). The summed E-state index contributed by atoms with van der Waals surface area (Å²) < 4.78 is 7.26. The van der Waals surface area contributed by atoms with Gasteiger partial charge in [-0.1, -0.05) is 0 Å². The van der Waals surface area contributed by atoms with Crippen LogP contribution in [0.4, 0.5) is 0 Å². The normalized spacial score (nSPS) is 13.3. The second-order valence-electron chi connectivity index (χ2n) is 4.04. The van der Waals surface area contributed by atoms with Crippen LogP contribution in [0.25, 0.3) is 0 Å². The molecule has 1 atom stereocenters. The second-order valence-corrected chi connectivity index (χ2v) is 4.04. The van der Waals surface area contributed by atoms with E-state index in [1.165, 1.54) is 0 Å². The summed E-state index contributed by atoms with van der Waals surface area (Å²) in [7, 11) is 7.80. The Morgan fingerprint density at radius 1 is 1.62 bits per heavy atom. The van der Waals surface area contributed by atoms with E-state index in [-0.39, 0.29) is 0 Å². The van der Waals surface area contributed by atoms with Crippen LogP contribution >= 0.6 is 0 Å². The SMILES string of the molecule is CNCC(COC)N(C)Cc1nccn1C. The van der Waals surface area contributed by atoms with Crippen LogP contribution in [0.1, 0.15) is 5.82 Å². The Labute approximate surface area is 97.4 Å². The van der Waals surface area contributed by atoms with Crippen LogP contribution in [0.15, 0.2) is 12.4 Å². The van der Waals surface area contributed by atoms with Gasteiger partial charge in [-0.05, 0) is 14.1 Å². The average molecular weight is 226 g/mol. The Morgan fingerprint density at radius 3 is 2.88 bits per heavy atom. The molecule has 0 saturated heterocycles. The van der Waals surface area contributed by atoms with E-state index in [2.05, 4.69) is 22.2 Å². The van der Waals surface area contributed by atoms with Gasteiger partial charge in [0.15, 0.2) is 0 Å². The van der Waals surface area contributed by atoms with Crippen molar-refractivity contribution in [2.24, 2.45) is 7.05 Å². The van der Waals surface area contributed by atoms with E-state index in [0.29, 0.717) is 6.04 Å². The lowest BCUT2D eigenvalue weighted by Gasteiger charge is -2.26. The molecule has 0 radical (unpaired) electrons. The molecule has 5 heteroatoms. The number of imidazole rings is 1. The molecule has 1 heterocycles. The molecule has 0 saturated carbocycles. The van der Waals surface area contributed by atoms with Gasteiger partial charge in [0.2, 0.25) is 0 Å². The Balaban J connectivity index is 2.54. The zero-order chi connectivity index (χ0) is 12.0. The molecule has 92 valence electrons. The largest absolute Gasteiger partial charge is 0.383 e. The summed E-state index contributed by atoms with van der Waals surface area (Å²) in [4.78, 5) is 6.57. The van der Waals surface area contributed by atoms with Gasteiger partial charge in [0.25, 0.3) is 0 Å². The Bertz CT molecular complexity index is 294. The van der Waals surface area contributed by atoms with E-state index in [9.17, 15) is 0 Å². The Kier molecular flexibility index (Phi) is 5.45. The number of aryl methyl sites for hydroxylation is 1. The maximum Gasteiger partial charge on any atom is 0.122 e. The summed E-state index contributed by atoms with van der Waals surface area (Å²) in [5.74, 6) is 1.07. The zero-order valence-electron chi connectivity index (χ0n) is 10.6. The standard InChI is InChI=1S/C11H22N4O/c1-12-7-10(9-16-4)15(3)8-11-13-5-6-14(11)2/h5-6,10,12H,7-9H2,1-4H3. The second kappa shape index (κ2) is 6.62. The molecular formula is C11H22N4O. The lowest BCUT2D eigenvalue weighted by atomic mass is 10.2. The van der Waals surface area contributed by atoms with Gasteiger partial charge in [0, 0.05) is 39.1 Å². The summed E-state index contributed by atoms with van der Waals surface area (Å²) in [6.45, 7) is 2.47. The average Bonchev–Trinajstić information content (AvgIpc) is 2.64. The van der Waals surface area contributed by atoms with E-state index < -0.39 is 0 Å². The van der Waals surface area contributed by atoms with Crippen molar-refractivity contribution in [3.8, 4) is 0 Å². The van der Waals surface area contributed by atoms with E-state index >= 15 is 0 Å². The first-order chi connectivity index (χ1) is 7.69. The van der Waals surface area contributed by atoms with Crippen molar-refractivity contribution in [2.45, 2.75) is 12.6 Å². The van der Waals surface area contributed by atoms with E-state index in [4.69, 9.17) is 4.74 Å². The molecule has 1 unspecified atom stereocenters. The number of likely N-dealkylation sites (N-methyl/N-ethyl adjacent to an activating group) is 2. The Morgan fingerprint density at radius 2 is 2.38 bits per heavy atom. The fourth-order valence-electron chi connectivity index (χ4n) is 1.67. The third-order valence-electron chi connectivity index (χ3n) is 2.73. The molecule has 0 fully saturated rings. The minimum Gasteiger partial charge on any atom is -0.383 e. The van der Waals surface area contributed by atoms with Crippen molar-refractivity contribution in [2.75, 3.05) is 34.4 Å². The Hall–Kier alpha value is -0.910. The highest BCUT2D eigenvalue weighted by molar-refractivity contribution is 4.91. The highest BCUT2D eigenvalue weighted by Gasteiger charge is 2.15. The van der Waals surface area contributed by atoms with Crippen LogP contribution in [0.3, 0.4) is 0 Å². The van der Waals surface area contributed by atoms with Gasteiger partial charge in [0.1, 0.15) is 5.82 Å². The van der Waals surface area contributed by atoms with E-state index in [1.807, 2.05) is 31.1 Å². The first-order valence-electron chi connectivity index (χ1n) is 5.49. The number of nitrogens with zero attached hydrogens (tertiary/aromatic N) is 3. The van der Waals surface area contributed by atoms with Crippen molar-refractivity contribution in [1.82, 2.24) is 19.8 Å². The van der Waals surface area contributed by atoms with Crippen molar-refractivity contribution in [3.63, 3.8) is 0 Å². The van der Waals surface area contributed by atoms with Crippen LogP contribution in [-0.2, 0) is 18.3 Å². The van der Waals surface area contributed by atoms with Crippen LogP contribution < -0.4 is 5.32 Å². The van der Waals surface area contributed by atoms with Gasteiger partial charge in [-0.15, -0.1) is 0 Å². The van der Waals surface area contributed by atoms with E-state index in [1.54, 1.807) is 7.11 Å². The molecule has 16 heavy (non-hydrogen) atoms. The number of hydrogen-bond donors (Lipinski definition) is 1. The quantitative estimate of drug-likeness (QED) is 0.715. The van der Waals surface area contributed by atoms with Gasteiger partial charge in [0.05, 0.1) is 13.2 Å². The fraction of sp³-hybridized carbons (Fsp3) is 0.727. The summed E-state index contributed by atoms with van der Waals surface area (Å²) in [5.41, 5.74) is 0. The molecule has 0 aliphatic rings. The van der Waals surface area contributed by atoms with Crippen LogP contribution in [0, 0.1) is 0 Å². The fourth-order valence-corrected chi connectivity index (χ4v) is 1.67. The highest BCUT2D eigenvalue weighted by Crippen LogP contribution is 2.04.